The van der Waals surface area contributed by atoms with Crippen LogP contribution >= 0.6 is 24.0 Å². The van der Waals surface area contributed by atoms with Gasteiger partial charge in [0, 0.05) is 44.6 Å². The Morgan fingerprint density at radius 3 is 3.00 bits per heavy atom. The molecule has 0 aromatic heterocycles. The van der Waals surface area contributed by atoms with E-state index in [-0.39, 0.29) is 35.3 Å². The van der Waals surface area contributed by atoms with Crippen LogP contribution in [0.15, 0.2) is 16.6 Å². The van der Waals surface area contributed by atoms with Crippen molar-refractivity contribution < 1.29 is 4.79 Å². The van der Waals surface area contributed by atoms with Crippen LogP contribution in [-0.4, -0.2) is 49.5 Å². The van der Waals surface area contributed by atoms with E-state index < -0.39 is 0 Å². The molecule has 24 heavy (non-hydrogen) atoms. The highest BCUT2D eigenvalue weighted by Crippen LogP contribution is 2.36. The molecule has 2 heterocycles. The summed E-state index contributed by atoms with van der Waals surface area (Å²) in [7, 11) is 0. The molecule has 0 bridgehead atoms. The molecule has 5 nitrogen and oxygen atoms in total. The molecule has 136 valence electrons. The summed E-state index contributed by atoms with van der Waals surface area (Å²) in [6.45, 7) is 6.70. The van der Waals surface area contributed by atoms with E-state index in [0.29, 0.717) is 6.42 Å². The fourth-order valence-corrected chi connectivity index (χ4v) is 4.12. The number of aliphatic imine (C=N–C) groups is 1. The third kappa shape index (κ3) is 4.86. The van der Waals surface area contributed by atoms with E-state index >= 15 is 0 Å². The first-order valence-electron chi connectivity index (χ1n) is 9.19. The molecule has 0 radical (unpaired) electrons. The molecular formula is C18H31IN4O. The van der Waals surface area contributed by atoms with E-state index in [1.165, 1.54) is 19.3 Å². The number of carbonyl (C=O) groups is 1. The quantitative estimate of drug-likeness (QED) is 0.302. The number of rotatable bonds is 4. The van der Waals surface area contributed by atoms with E-state index in [4.69, 9.17) is 4.99 Å². The highest BCUT2D eigenvalue weighted by molar-refractivity contribution is 14.0. The maximum atomic E-state index is 11.7. The number of allylic oxidation sites excluding steroid dienone is 1. The van der Waals surface area contributed by atoms with Gasteiger partial charge in [-0.2, -0.15) is 0 Å². The van der Waals surface area contributed by atoms with Crippen LogP contribution in [-0.2, 0) is 4.79 Å². The Kier molecular flexibility index (Phi) is 7.37. The van der Waals surface area contributed by atoms with E-state index in [1.54, 1.807) is 5.57 Å². The maximum Gasteiger partial charge on any atom is 0.220 e. The van der Waals surface area contributed by atoms with Gasteiger partial charge >= 0.3 is 0 Å². The maximum absolute atomic E-state index is 11.7. The predicted octanol–water partition coefficient (Wildman–Crippen LogP) is 2.67. The van der Waals surface area contributed by atoms with Gasteiger partial charge in [-0.3, -0.25) is 9.79 Å². The molecule has 1 atom stereocenters. The van der Waals surface area contributed by atoms with Crippen molar-refractivity contribution >= 4 is 35.8 Å². The van der Waals surface area contributed by atoms with Gasteiger partial charge < -0.3 is 15.5 Å². The Morgan fingerprint density at radius 2 is 2.33 bits per heavy atom. The largest absolute Gasteiger partial charge is 0.357 e. The molecule has 1 spiro atoms. The number of piperidine rings is 1. The zero-order valence-electron chi connectivity index (χ0n) is 14.8. The van der Waals surface area contributed by atoms with Crippen LogP contribution < -0.4 is 10.6 Å². The molecule has 1 amide bonds. The SMILES string of the molecule is CCNC(=NCCC1=CCCC1)N1CCCC2(CNC(=O)C2)C1.I. The fraction of sp³-hybridized carbons (Fsp3) is 0.778. The number of hydrogen-bond donors (Lipinski definition) is 2. The Morgan fingerprint density at radius 1 is 1.46 bits per heavy atom. The number of nitrogens with zero attached hydrogens (tertiary/aromatic N) is 2. The normalized spacial score (nSPS) is 27.0. The minimum Gasteiger partial charge on any atom is -0.357 e. The van der Waals surface area contributed by atoms with Crippen molar-refractivity contribution in [3.63, 3.8) is 0 Å². The number of amides is 1. The first-order chi connectivity index (χ1) is 11.2. The molecule has 2 saturated heterocycles. The number of carbonyl (C=O) groups excluding carboxylic acids is 1. The number of likely N-dealkylation sites (tertiary alicyclic amines) is 1. The summed E-state index contributed by atoms with van der Waals surface area (Å²) in [6.07, 6.45) is 10.3. The van der Waals surface area contributed by atoms with Crippen molar-refractivity contribution in [3.05, 3.63) is 11.6 Å². The smallest absolute Gasteiger partial charge is 0.220 e. The number of nitrogens with one attached hydrogen (secondary N) is 2. The van der Waals surface area contributed by atoms with Crippen LogP contribution in [0.5, 0.6) is 0 Å². The molecule has 0 saturated carbocycles. The minimum absolute atomic E-state index is 0. The summed E-state index contributed by atoms with van der Waals surface area (Å²) >= 11 is 0. The van der Waals surface area contributed by atoms with Crippen LogP contribution in [0.4, 0.5) is 0 Å². The molecule has 2 aliphatic heterocycles. The predicted molar refractivity (Wildman–Crippen MR) is 109 cm³/mol. The van der Waals surface area contributed by atoms with E-state index in [1.807, 2.05) is 0 Å². The standard InChI is InChI=1S/C18H30N4O.HI/c1-2-19-17(20-10-8-15-6-3-4-7-15)22-11-5-9-18(14-22)12-16(23)21-13-18;/h6H,2-5,7-14H2,1H3,(H,19,20)(H,21,23);1H. The van der Waals surface area contributed by atoms with Gasteiger partial charge in [0.25, 0.3) is 0 Å². The summed E-state index contributed by atoms with van der Waals surface area (Å²) in [4.78, 5) is 18.9. The molecule has 6 heteroatoms. The second kappa shape index (κ2) is 9.06. The molecule has 3 aliphatic rings. The van der Waals surface area contributed by atoms with Gasteiger partial charge in [0.2, 0.25) is 5.91 Å². The molecule has 3 rings (SSSR count). The van der Waals surface area contributed by atoms with Crippen molar-refractivity contribution in [3.8, 4) is 0 Å². The molecule has 0 aromatic rings. The number of guanidine groups is 1. The van der Waals surface area contributed by atoms with Crippen molar-refractivity contribution in [1.82, 2.24) is 15.5 Å². The van der Waals surface area contributed by atoms with E-state index in [9.17, 15) is 4.79 Å². The Labute approximate surface area is 162 Å². The van der Waals surface area contributed by atoms with Crippen LogP contribution in [0.25, 0.3) is 0 Å². The summed E-state index contributed by atoms with van der Waals surface area (Å²) in [5.74, 6) is 1.24. The van der Waals surface area contributed by atoms with Crippen LogP contribution in [0.2, 0.25) is 0 Å². The monoisotopic (exact) mass is 446 g/mol. The second-order valence-corrected chi connectivity index (χ2v) is 7.22. The lowest BCUT2D eigenvalue weighted by Gasteiger charge is -2.40. The lowest BCUT2D eigenvalue weighted by molar-refractivity contribution is -0.119. The van der Waals surface area contributed by atoms with Crippen LogP contribution in [0.1, 0.15) is 51.9 Å². The van der Waals surface area contributed by atoms with Crippen molar-refractivity contribution in [2.75, 3.05) is 32.7 Å². The van der Waals surface area contributed by atoms with Gasteiger partial charge in [-0.25, -0.2) is 0 Å². The first kappa shape index (κ1) is 19.5. The average molecular weight is 446 g/mol. The molecule has 1 aliphatic carbocycles. The Hall–Kier alpha value is -0.790. The average Bonchev–Trinajstić information content (AvgIpc) is 3.17. The molecule has 0 aromatic carbocycles. The van der Waals surface area contributed by atoms with Crippen molar-refractivity contribution in [2.45, 2.75) is 51.9 Å². The summed E-state index contributed by atoms with van der Waals surface area (Å²) in [6, 6.07) is 0. The van der Waals surface area contributed by atoms with Gasteiger partial charge in [0.05, 0.1) is 0 Å². The Bertz CT molecular complexity index is 505. The van der Waals surface area contributed by atoms with E-state index in [2.05, 4.69) is 28.5 Å². The fourth-order valence-electron chi connectivity index (χ4n) is 4.12. The third-order valence-electron chi connectivity index (χ3n) is 5.32. The van der Waals surface area contributed by atoms with Gasteiger partial charge in [-0.1, -0.05) is 11.6 Å². The van der Waals surface area contributed by atoms with Gasteiger partial charge in [0.1, 0.15) is 0 Å². The van der Waals surface area contributed by atoms with Crippen LogP contribution in [0.3, 0.4) is 0 Å². The summed E-state index contributed by atoms with van der Waals surface area (Å²) in [5, 5.41) is 6.46. The zero-order chi connectivity index (χ0) is 16.1. The minimum atomic E-state index is 0. The summed E-state index contributed by atoms with van der Waals surface area (Å²) < 4.78 is 0. The molecule has 1 unspecified atom stereocenters. The second-order valence-electron chi connectivity index (χ2n) is 7.22. The van der Waals surface area contributed by atoms with E-state index in [0.717, 1.165) is 57.9 Å². The Balaban J connectivity index is 0.00000208. The van der Waals surface area contributed by atoms with Crippen LogP contribution in [0, 0.1) is 5.41 Å². The highest BCUT2D eigenvalue weighted by atomic mass is 127. The molecular weight excluding hydrogens is 415 g/mol. The zero-order valence-corrected chi connectivity index (χ0v) is 17.1. The van der Waals surface area contributed by atoms with Gasteiger partial charge in [-0.15, -0.1) is 24.0 Å². The summed E-state index contributed by atoms with van der Waals surface area (Å²) in [5.41, 5.74) is 1.70. The topological polar surface area (TPSA) is 56.7 Å². The first-order valence-corrected chi connectivity index (χ1v) is 9.19. The third-order valence-corrected chi connectivity index (χ3v) is 5.32. The van der Waals surface area contributed by atoms with Crippen molar-refractivity contribution in [2.24, 2.45) is 10.4 Å². The molecule has 2 fully saturated rings. The lowest BCUT2D eigenvalue weighted by Crippen LogP contribution is -2.51. The highest BCUT2D eigenvalue weighted by Gasteiger charge is 2.42. The number of hydrogen-bond acceptors (Lipinski definition) is 2. The van der Waals surface area contributed by atoms with Crippen molar-refractivity contribution in [1.29, 1.82) is 0 Å². The number of halogens is 1. The molecule has 2 N–H and O–H groups in total. The van der Waals surface area contributed by atoms with Gasteiger partial charge in [-0.05, 0) is 45.4 Å². The lowest BCUT2D eigenvalue weighted by atomic mass is 9.79. The van der Waals surface area contributed by atoms with Gasteiger partial charge in [0.15, 0.2) is 5.96 Å².